The number of rotatable bonds is 3. The SMILES string of the molecule is CN(c1nc2cc([N+](=O)[O-])ccc2s1)C1CCCN(C(=O)OC(C)(C)C)C1. The van der Waals surface area contributed by atoms with Crippen LogP contribution in [0.5, 0.6) is 0 Å². The van der Waals surface area contributed by atoms with E-state index in [0.29, 0.717) is 18.6 Å². The summed E-state index contributed by atoms with van der Waals surface area (Å²) in [5.74, 6) is 0. The van der Waals surface area contributed by atoms with Gasteiger partial charge in [-0.15, -0.1) is 0 Å². The summed E-state index contributed by atoms with van der Waals surface area (Å²) in [6, 6.07) is 4.85. The van der Waals surface area contributed by atoms with Gasteiger partial charge < -0.3 is 14.5 Å². The molecule has 1 amide bonds. The van der Waals surface area contributed by atoms with Gasteiger partial charge in [-0.1, -0.05) is 11.3 Å². The fourth-order valence-corrected chi connectivity index (χ4v) is 4.07. The van der Waals surface area contributed by atoms with Crippen molar-refractivity contribution in [2.75, 3.05) is 25.0 Å². The Morgan fingerprint density at radius 2 is 2.19 bits per heavy atom. The number of piperidine rings is 1. The number of carbonyl (C=O) groups is 1. The Labute approximate surface area is 161 Å². The number of nitro groups is 1. The van der Waals surface area contributed by atoms with Crippen molar-refractivity contribution in [1.29, 1.82) is 0 Å². The second-order valence-corrected chi connectivity index (χ2v) is 8.75. The predicted molar refractivity (Wildman–Crippen MR) is 106 cm³/mol. The smallest absolute Gasteiger partial charge is 0.410 e. The van der Waals surface area contributed by atoms with Crippen LogP contribution in [0.25, 0.3) is 10.2 Å². The van der Waals surface area contributed by atoms with E-state index in [1.807, 2.05) is 27.8 Å². The Hall–Kier alpha value is -2.42. The summed E-state index contributed by atoms with van der Waals surface area (Å²) in [7, 11) is 1.95. The summed E-state index contributed by atoms with van der Waals surface area (Å²) in [4.78, 5) is 31.3. The molecule has 0 bridgehead atoms. The average molecular weight is 392 g/mol. The molecule has 9 heteroatoms. The number of carbonyl (C=O) groups excluding carboxylic acids is 1. The summed E-state index contributed by atoms with van der Waals surface area (Å²) >= 11 is 1.50. The van der Waals surface area contributed by atoms with Gasteiger partial charge in [-0.25, -0.2) is 9.78 Å². The Bertz CT molecular complexity index is 861. The van der Waals surface area contributed by atoms with E-state index in [0.717, 1.165) is 22.7 Å². The van der Waals surface area contributed by atoms with E-state index >= 15 is 0 Å². The van der Waals surface area contributed by atoms with Crippen molar-refractivity contribution in [3.63, 3.8) is 0 Å². The number of fused-ring (bicyclic) bond motifs is 1. The number of non-ortho nitro benzene ring substituents is 1. The van der Waals surface area contributed by atoms with Crippen LogP contribution in [0, 0.1) is 10.1 Å². The molecule has 2 heterocycles. The van der Waals surface area contributed by atoms with Crippen molar-refractivity contribution >= 4 is 38.5 Å². The van der Waals surface area contributed by atoms with E-state index in [1.54, 1.807) is 11.0 Å². The Morgan fingerprint density at radius 3 is 2.85 bits per heavy atom. The number of thiazole rings is 1. The molecule has 1 aromatic carbocycles. The van der Waals surface area contributed by atoms with Crippen molar-refractivity contribution in [2.45, 2.75) is 45.3 Å². The van der Waals surface area contributed by atoms with Gasteiger partial charge in [-0.2, -0.15) is 0 Å². The molecule has 0 spiro atoms. The van der Waals surface area contributed by atoms with Gasteiger partial charge in [0.15, 0.2) is 5.13 Å². The summed E-state index contributed by atoms with van der Waals surface area (Å²) in [6.45, 7) is 6.84. The lowest BCUT2D eigenvalue weighted by Crippen LogP contribution is -2.50. The predicted octanol–water partition coefficient (Wildman–Crippen LogP) is 4.04. The highest BCUT2D eigenvalue weighted by Crippen LogP contribution is 2.32. The zero-order valence-electron chi connectivity index (χ0n) is 16.0. The highest BCUT2D eigenvalue weighted by atomic mass is 32.1. The van der Waals surface area contributed by atoms with Crippen LogP contribution in [-0.2, 0) is 4.74 Å². The quantitative estimate of drug-likeness (QED) is 0.578. The Morgan fingerprint density at radius 1 is 1.44 bits per heavy atom. The molecular formula is C18H24N4O4S. The molecule has 0 radical (unpaired) electrons. The molecule has 1 atom stereocenters. The Kier molecular flexibility index (Phi) is 5.23. The highest BCUT2D eigenvalue weighted by molar-refractivity contribution is 7.22. The molecule has 8 nitrogen and oxygen atoms in total. The van der Waals surface area contributed by atoms with E-state index < -0.39 is 10.5 Å². The molecular weight excluding hydrogens is 368 g/mol. The fourth-order valence-electron chi connectivity index (χ4n) is 3.09. The summed E-state index contributed by atoms with van der Waals surface area (Å²) < 4.78 is 6.39. The van der Waals surface area contributed by atoms with Gasteiger partial charge in [-0.3, -0.25) is 10.1 Å². The van der Waals surface area contributed by atoms with Gasteiger partial charge in [-0.05, 0) is 39.7 Å². The van der Waals surface area contributed by atoms with E-state index in [2.05, 4.69) is 9.88 Å². The number of hydrogen-bond donors (Lipinski definition) is 0. The maximum Gasteiger partial charge on any atom is 0.410 e. The summed E-state index contributed by atoms with van der Waals surface area (Å²) in [6.07, 6.45) is 1.55. The number of aromatic nitrogens is 1. The third-order valence-electron chi connectivity index (χ3n) is 4.47. The molecule has 0 aliphatic carbocycles. The van der Waals surface area contributed by atoms with E-state index in [4.69, 9.17) is 4.74 Å². The normalized spacial score (nSPS) is 17.8. The van der Waals surface area contributed by atoms with Crippen molar-refractivity contribution in [2.24, 2.45) is 0 Å². The van der Waals surface area contributed by atoms with E-state index in [1.165, 1.54) is 23.5 Å². The van der Waals surface area contributed by atoms with Crippen molar-refractivity contribution < 1.29 is 14.5 Å². The van der Waals surface area contributed by atoms with Gasteiger partial charge in [0.05, 0.1) is 15.1 Å². The van der Waals surface area contributed by atoms with Crippen molar-refractivity contribution in [3.8, 4) is 0 Å². The van der Waals surface area contributed by atoms with Gasteiger partial charge in [0.1, 0.15) is 5.60 Å². The average Bonchev–Trinajstić information content (AvgIpc) is 3.02. The first kappa shape index (κ1) is 19.3. The number of benzene rings is 1. The van der Waals surface area contributed by atoms with Crippen LogP contribution < -0.4 is 4.90 Å². The molecule has 1 aliphatic heterocycles. The van der Waals surface area contributed by atoms with Gasteiger partial charge in [0.2, 0.25) is 0 Å². The van der Waals surface area contributed by atoms with Crippen molar-refractivity contribution in [3.05, 3.63) is 28.3 Å². The minimum absolute atomic E-state index is 0.0378. The second kappa shape index (κ2) is 7.30. The number of nitro benzene ring substituents is 1. The molecule has 1 aromatic heterocycles. The van der Waals surface area contributed by atoms with Crippen LogP contribution in [-0.4, -0.2) is 52.7 Å². The molecule has 146 valence electrons. The molecule has 1 unspecified atom stereocenters. The molecule has 0 saturated carbocycles. The third kappa shape index (κ3) is 4.47. The highest BCUT2D eigenvalue weighted by Gasteiger charge is 2.30. The van der Waals surface area contributed by atoms with Crippen LogP contribution in [0.2, 0.25) is 0 Å². The molecule has 1 fully saturated rings. The topological polar surface area (TPSA) is 88.8 Å². The maximum atomic E-state index is 12.4. The first-order chi connectivity index (χ1) is 12.6. The zero-order chi connectivity index (χ0) is 19.8. The number of likely N-dealkylation sites (tertiary alicyclic amines) is 1. The van der Waals surface area contributed by atoms with Crippen LogP contribution in [0.3, 0.4) is 0 Å². The van der Waals surface area contributed by atoms with E-state index in [-0.39, 0.29) is 17.8 Å². The number of anilines is 1. The van der Waals surface area contributed by atoms with Gasteiger partial charge >= 0.3 is 6.09 Å². The lowest BCUT2D eigenvalue weighted by Gasteiger charge is -2.38. The number of likely N-dealkylation sites (N-methyl/N-ethyl adjacent to an activating group) is 1. The number of amides is 1. The summed E-state index contributed by atoms with van der Waals surface area (Å²) in [5, 5.41) is 11.7. The number of hydrogen-bond acceptors (Lipinski definition) is 7. The maximum absolute atomic E-state index is 12.4. The van der Waals surface area contributed by atoms with Gasteiger partial charge in [0.25, 0.3) is 5.69 Å². The molecule has 0 N–H and O–H groups in total. The molecule has 3 rings (SSSR count). The van der Waals surface area contributed by atoms with Crippen LogP contribution in [0.15, 0.2) is 18.2 Å². The zero-order valence-corrected chi connectivity index (χ0v) is 16.8. The largest absolute Gasteiger partial charge is 0.444 e. The number of ether oxygens (including phenoxy) is 1. The lowest BCUT2D eigenvalue weighted by atomic mass is 10.1. The Balaban J connectivity index is 1.74. The minimum atomic E-state index is -0.516. The molecule has 27 heavy (non-hydrogen) atoms. The summed E-state index contributed by atoms with van der Waals surface area (Å²) in [5.41, 5.74) is 0.143. The first-order valence-electron chi connectivity index (χ1n) is 8.90. The third-order valence-corrected chi connectivity index (χ3v) is 5.60. The minimum Gasteiger partial charge on any atom is -0.444 e. The second-order valence-electron chi connectivity index (χ2n) is 7.74. The molecule has 2 aromatic rings. The standard InChI is InChI=1S/C18H24N4O4S/c1-18(2,3)26-17(23)21-9-5-6-13(11-21)20(4)16-19-14-10-12(22(24)25)7-8-15(14)27-16/h7-8,10,13H,5-6,9,11H2,1-4H3. The van der Waals surface area contributed by atoms with Crippen LogP contribution in [0.4, 0.5) is 15.6 Å². The molecule has 1 aliphatic rings. The van der Waals surface area contributed by atoms with E-state index in [9.17, 15) is 14.9 Å². The monoisotopic (exact) mass is 392 g/mol. The first-order valence-corrected chi connectivity index (χ1v) is 9.71. The molecule has 1 saturated heterocycles. The van der Waals surface area contributed by atoms with Crippen molar-refractivity contribution in [1.82, 2.24) is 9.88 Å². The lowest BCUT2D eigenvalue weighted by molar-refractivity contribution is -0.384. The van der Waals surface area contributed by atoms with Gasteiger partial charge in [0, 0.05) is 38.3 Å². The van der Waals surface area contributed by atoms with Crippen LogP contribution >= 0.6 is 11.3 Å². The number of nitrogens with zero attached hydrogens (tertiary/aromatic N) is 4. The van der Waals surface area contributed by atoms with Crippen LogP contribution in [0.1, 0.15) is 33.6 Å². The fraction of sp³-hybridized carbons (Fsp3) is 0.556.